The molecule has 1 aromatic carbocycles. The second-order valence-corrected chi connectivity index (χ2v) is 7.75. The molecule has 0 aliphatic carbocycles. The Labute approximate surface area is 192 Å². The maximum Gasteiger partial charge on any atom is 0.296 e. The number of fused-ring (bicyclic) bond motifs is 1. The fourth-order valence-corrected chi connectivity index (χ4v) is 3.83. The van der Waals surface area contributed by atoms with Gasteiger partial charge in [0.1, 0.15) is 10.8 Å². The van der Waals surface area contributed by atoms with Crippen molar-refractivity contribution in [2.45, 2.75) is 6.42 Å². The summed E-state index contributed by atoms with van der Waals surface area (Å²) < 4.78 is 7.05. The number of pyridine rings is 2. The lowest BCUT2D eigenvalue weighted by Gasteiger charge is -2.07. The number of hydrogen-bond donors (Lipinski definition) is 2. The summed E-state index contributed by atoms with van der Waals surface area (Å²) >= 11 is 12.0. The van der Waals surface area contributed by atoms with E-state index in [0.717, 1.165) is 17.0 Å². The summed E-state index contributed by atoms with van der Waals surface area (Å²) in [4.78, 5) is 39.7. The Kier molecular flexibility index (Phi) is 6.03. The number of H-pyrrole nitrogens is 1. The van der Waals surface area contributed by atoms with Gasteiger partial charge in [-0.3, -0.25) is 14.4 Å². The minimum Gasteiger partial charge on any atom is -0.497 e. The number of rotatable bonds is 6. The maximum atomic E-state index is 13.0. The van der Waals surface area contributed by atoms with E-state index in [-0.39, 0.29) is 21.3 Å². The van der Waals surface area contributed by atoms with Crippen LogP contribution in [-0.4, -0.2) is 28.2 Å². The second kappa shape index (κ2) is 8.90. The van der Waals surface area contributed by atoms with Crippen LogP contribution in [0.2, 0.25) is 10.0 Å². The Morgan fingerprint density at radius 3 is 2.59 bits per heavy atom. The molecular formula is C23H17Cl2N3O4. The van der Waals surface area contributed by atoms with Gasteiger partial charge in [-0.2, -0.15) is 0 Å². The molecule has 1 amide bonds. The average Bonchev–Trinajstić information content (AvgIpc) is 3.17. The zero-order valence-corrected chi connectivity index (χ0v) is 18.3. The molecule has 0 saturated carbocycles. The first kappa shape index (κ1) is 21.7. The number of aromatic amines is 1. The van der Waals surface area contributed by atoms with Gasteiger partial charge in [-0.05, 0) is 35.9 Å². The van der Waals surface area contributed by atoms with Gasteiger partial charge in [-0.1, -0.05) is 41.4 Å². The van der Waals surface area contributed by atoms with Gasteiger partial charge in [0, 0.05) is 24.5 Å². The highest BCUT2D eigenvalue weighted by atomic mass is 35.5. The summed E-state index contributed by atoms with van der Waals surface area (Å²) in [5.74, 6) is -0.979. The molecule has 0 saturated heterocycles. The molecule has 0 atom stereocenters. The number of methoxy groups -OCH3 is 1. The number of nitrogens with one attached hydrogen (secondary N) is 2. The lowest BCUT2D eigenvalue weighted by Crippen LogP contribution is -2.24. The molecule has 0 aliphatic heterocycles. The van der Waals surface area contributed by atoms with Crippen LogP contribution >= 0.6 is 23.2 Å². The van der Waals surface area contributed by atoms with Crippen molar-refractivity contribution in [1.29, 1.82) is 0 Å². The topological polar surface area (TPSA) is 92.7 Å². The van der Waals surface area contributed by atoms with E-state index in [2.05, 4.69) is 10.3 Å². The molecular weight excluding hydrogens is 453 g/mol. The minimum absolute atomic E-state index is 0.0117. The van der Waals surface area contributed by atoms with Gasteiger partial charge in [0.15, 0.2) is 0 Å². The first-order chi connectivity index (χ1) is 15.4. The predicted octanol–water partition coefficient (Wildman–Crippen LogP) is 4.36. The van der Waals surface area contributed by atoms with Crippen LogP contribution in [0, 0.1) is 0 Å². The number of carbonyl (C=O) groups is 2. The van der Waals surface area contributed by atoms with Gasteiger partial charge in [-0.25, -0.2) is 0 Å². The molecule has 3 aromatic heterocycles. The Morgan fingerprint density at radius 2 is 1.88 bits per heavy atom. The molecule has 0 spiro atoms. The van der Waals surface area contributed by atoms with E-state index in [1.807, 2.05) is 40.9 Å². The Balaban J connectivity index is 1.67. The summed E-state index contributed by atoms with van der Waals surface area (Å²) in [6.45, 7) is 0. The number of hydrogen-bond acceptors (Lipinski definition) is 4. The predicted molar refractivity (Wildman–Crippen MR) is 123 cm³/mol. The number of aromatic nitrogens is 2. The van der Waals surface area contributed by atoms with Gasteiger partial charge >= 0.3 is 0 Å². The molecule has 4 aromatic rings. The zero-order valence-electron chi connectivity index (χ0n) is 16.8. The smallest absolute Gasteiger partial charge is 0.296 e. The molecule has 3 heterocycles. The number of carbonyl (C=O) groups excluding carboxylic acids is 2. The largest absolute Gasteiger partial charge is 0.497 e. The SMILES string of the molecule is COc1ccc(Cc2cc(C(=O)C(=O)Nc3c(Cl)c[nH]c(=O)c3Cl)c3ccccn23)cc1. The van der Waals surface area contributed by atoms with Crippen molar-refractivity contribution in [3.8, 4) is 5.75 Å². The van der Waals surface area contributed by atoms with Crippen LogP contribution in [0.5, 0.6) is 5.75 Å². The fourth-order valence-electron chi connectivity index (χ4n) is 3.38. The molecule has 0 radical (unpaired) electrons. The van der Waals surface area contributed by atoms with Crippen molar-refractivity contribution in [3.63, 3.8) is 0 Å². The van der Waals surface area contributed by atoms with E-state index in [1.54, 1.807) is 25.3 Å². The van der Waals surface area contributed by atoms with Crippen molar-refractivity contribution in [2.24, 2.45) is 0 Å². The molecule has 7 nitrogen and oxygen atoms in total. The molecule has 0 aliphatic rings. The number of amides is 1. The maximum absolute atomic E-state index is 13.0. The van der Waals surface area contributed by atoms with Crippen LogP contribution < -0.4 is 15.6 Å². The first-order valence-electron chi connectivity index (χ1n) is 9.53. The third-order valence-corrected chi connectivity index (χ3v) is 5.64. The molecule has 162 valence electrons. The average molecular weight is 470 g/mol. The molecule has 9 heteroatoms. The van der Waals surface area contributed by atoms with Gasteiger partial charge in [0.2, 0.25) is 0 Å². The van der Waals surface area contributed by atoms with Crippen LogP contribution in [0.15, 0.2) is 65.7 Å². The Bertz CT molecular complexity index is 1390. The number of halogens is 2. The summed E-state index contributed by atoms with van der Waals surface area (Å²) in [6, 6.07) is 14.7. The number of ether oxygens (including phenoxy) is 1. The van der Waals surface area contributed by atoms with E-state index in [1.165, 1.54) is 6.20 Å². The number of anilines is 1. The third-order valence-electron chi connectivity index (χ3n) is 4.98. The minimum atomic E-state index is -0.952. The molecule has 32 heavy (non-hydrogen) atoms. The van der Waals surface area contributed by atoms with Gasteiger partial charge in [0.25, 0.3) is 17.2 Å². The van der Waals surface area contributed by atoms with Crippen molar-refractivity contribution >= 4 is 46.1 Å². The quantitative estimate of drug-likeness (QED) is 0.324. The van der Waals surface area contributed by atoms with Crippen molar-refractivity contribution in [2.75, 3.05) is 12.4 Å². The van der Waals surface area contributed by atoms with Crippen molar-refractivity contribution in [3.05, 3.63) is 98.1 Å². The Hall–Kier alpha value is -3.55. The summed E-state index contributed by atoms with van der Waals surface area (Å²) in [5.41, 5.74) is 1.91. The van der Waals surface area contributed by atoms with Gasteiger partial charge < -0.3 is 19.4 Å². The van der Waals surface area contributed by atoms with E-state index >= 15 is 0 Å². The summed E-state index contributed by atoms with van der Waals surface area (Å²) in [7, 11) is 1.60. The lowest BCUT2D eigenvalue weighted by molar-refractivity contribution is -0.112. The van der Waals surface area contributed by atoms with Crippen LogP contribution in [0.1, 0.15) is 21.6 Å². The van der Waals surface area contributed by atoms with Crippen LogP contribution in [-0.2, 0) is 11.2 Å². The lowest BCUT2D eigenvalue weighted by atomic mass is 10.1. The van der Waals surface area contributed by atoms with E-state index < -0.39 is 17.2 Å². The summed E-state index contributed by atoms with van der Waals surface area (Å²) in [5, 5.41) is 2.07. The van der Waals surface area contributed by atoms with Crippen LogP contribution in [0.25, 0.3) is 5.52 Å². The molecule has 0 bridgehead atoms. The van der Waals surface area contributed by atoms with E-state index in [9.17, 15) is 14.4 Å². The number of ketones is 1. The highest BCUT2D eigenvalue weighted by molar-refractivity contribution is 6.49. The van der Waals surface area contributed by atoms with Gasteiger partial charge in [0.05, 0.1) is 28.9 Å². The number of nitrogens with zero attached hydrogens (tertiary/aromatic N) is 1. The molecule has 2 N–H and O–H groups in total. The molecule has 0 unspecified atom stereocenters. The van der Waals surface area contributed by atoms with E-state index in [0.29, 0.717) is 11.9 Å². The van der Waals surface area contributed by atoms with Crippen molar-refractivity contribution in [1.82, 2.24) is 9.38 Å². The Morgan fingerprint density at radius 1 is 1.12 bits per heavy atom. The number of benzene rings is 1. The van der Waals surface area contributed by atoms with Crippen molar-refractivity contribution < 1.29 is 14.3 Å². The second-order valence-electron chi connectivity index (χ2n) is 6.97. The van der Waals surface area contributed by atoms with Crippen LogP contribution in [0.3, 0.4) is 0 Å². The fraction of sp³-hybridized carbons (Fsp3) is 0.0870. The normalized spacial score (nSPS) is 10.8. The standard InChI is InChI=1S/C23H17Cl2N3O4/c1-32-15-7-5-13(6-8-15)10-14-11-16(18-4-2-3-9-28(14)18)21(29)23(31)27-20-17(24)12-26-22(30)19(20)25/h2-9,11-12H,10H2,1H3,(H2,26,27,30,31). The monoisotopic (exact) mass is 469 g/mol. The highest BCUT2D eigenvalue weighted by Gasteiger charge is 2.24. The highest BCUT2D eigenvalue weighted by Crippen LogP contribution is 2.27. The van der Waals surface area contributed by atoms with Crippen LogP contribution in [0.4, 0.5) is 5.69 Å². The first-order valence-corrected chi connectivity index (χ1v) is 10.3. The molecule has 0 fully saturated rings. The summed E-state index contributed by atoms with van der Waals surface area (Å²) in [6.07, 6.45) is 3.56. The van der Waals surface area contributed by atoms with E-state index in [4.69, 9.17) is 27.9 Å². The molecule has 4 rings (SSSR count). The number of Topliss-reactive ketones (excluding diaryl/α,β-unsaturated/α-hetero) is 1. The third kappa shape index (κ3) is 4.12. The zero-order chi connectivity index (χ0) is 22.8. The van der Waals surface area contributed by atoms with Gasteiger partial charge in [-0.15, -0.1) is 0 Å².